The average Bonchev–Trinajstić information content (AvgIpc) is 2.56. The van der Waals surface area contributed by atoms with E-state index < -0.39 is 0 Å². The molecule has 0 radical (unpaired) electrons. The van der Waals surface area contributed by atoms with Crippen LogP contribution in [0.2, 0.25) is 5.15 Å². The van der Waals surface area contributed by atoms with Gasteiger partial charge in [-0.2, -0.15) is 5.10 Å². The van der Waals surface area contributed by atoms with Crippen molar-refractivity contribution in [3.63, 3.8) is 0 Å². The molecule has 2 heterocycles. The third-order valence-electron chi connectivity index (χ3n) is 1.69. The van der Waals surface area contributed by atoms with Crippen LogP contribution in [0.3, 0.4) is 0 Å². The fourth-order valence-corrected chi connectivity index (χ4v) is 1.62. The van der Waals surface area contributed by atoms with E-state index in [1.165, 1.54) is 0 Å². The molecule has 0 bridgehead atoms. The van der Waals surface area contributed by atoms with E-state index in [1.54, 1.807) is 12.3 Å². The van der Waals surface area contributed by atoms with Crippen molar-refractivity contribution >= 4 is 33.3 Å². The Bertz CT molecular complexity index is 468. The first-order valence-corrected chi connectivity index (χ1v) is 4.96. The zero-order valence-electron chi connectivity index (χ0n) is 6.96. The Morgan fingerprint density at radius 3 is 2.86 bits per heavy atom. The van der Waals surface area contributed by atoms with Gasteiger partial charge in [0.1, 0.15) is 11.0 Å². The highest BCUT2D eigenvalue weighted by molar-refractivity contribution is 9.10. The molecule has 2 rings (SSSR count). The van der Waals surface area contributed by atoms with Crippen molar-refractivity contribution in [2.24, 2.45) is 0 Å². The number of H-pyrrole nitrogens is 1. The molecule has 0 saturated heterocycles. The van der Waals surface area contributed by atoms with E-state index >= 15 is 0 Å². The van der Waals surface area contributed by atoms with Gasteiger partial charge in [-0.3, -0.25) is 5.10 Å². The molecular weight excluding hydrogens is 267 g/mol. The molecule has 0 aromatic carbocycles. The van der Waals surface area contributed by atoms with Crippen molar-refractivity contribution in [1.29, 1.82) is 0 Å². The van der Waals surface area contributed by atoms with Crippen LogP contribution in [0, 0.1) is 0 Å². The molecule has 6 heteroatoms. The fourth-order valence-electron chi connectivity index (χ4n) is 1.09. The lowest BCUT2D eigenvalue weighted by Gasteiger charge is -1.99. The van der Waals surface area contributed by atoms with Gasteiger partial charge in [-0.15, -0.1) is 0 Å². The highest BCUT2D eigenvalue weighted by Gasteiger charge is 2.07. The van der Waals surface area contributed by atoms with Gasteiger partial charge in [0.15, 0.2) is 0 Å². The van der Waals surface area contributed by atoms with Crippen LogP contribution in [-0.4, -0.2) is 15.2 Å². The normalized spacial score (nSPS) is 10.4. The monoisotopic (exact) mass is 272 g/mol. The number of nitrogens with zero attached hydrogens (tertiary/aromatic N) is 2. The summed E-state index contributed by atoms with van der Waals surface area (Å²) >= 11 is 9.23. The maximum absolute atomic E-state index is 5.92. The Labute approximate surface area is 93.6 Å². The van der Waals surface area contributed by atoms with Gasteiger partial charge in [0.05, 0.1) is 5.69 Å². The molecule has 72 valence electrons. The molecule has 14 heavy (non-hydrogen) atoms. The molecule has 0 saturated carbocycles. The first-order valence-electron chi connectivity index (χ1n) is 3.79. The fraction of sp³-hybridized carbons (Fsp3) is 0. The molecule has 0 aliphatic rings. The molecule has 0 unspecified atom stereocenters. The number of anilines is 1. The third-order valence-corrected chi connectivity index (χ3v) is 2.43. The van der Waals surface area contributed by atoms with Crippen LogP contribution in [0.25, 0.3) is 11.3 Å². The summed E-state index contributed by atoms with van der Waals surface area (Å²) in [6, 6.07) is 3.55. The molecule has 3 N–H and O–H groups in total. The summed E-state index contributed by atoms with van der Waals surface area (Å²) < 4.78 is 0.852. The van der Waals surface area contributed by atoms with Crippen LogP contribution in [0.5, 0.6) is 0 Å². The molecule has 4 nitrogen and oxygen atoms in total. The van der Waals surface area contributed by atoms with E-state index in [0.717, 1.165) is 15.7 Å². The number of nitrogens with two attached hydrogens (primary N) is 1. The Balaban J connectivity index is 2.55. The summed E-state index contributed by atoms with van der Waals surface area (Å²) in [6.07, 6.45) is 1.63. The number of aromatic amines is 1. The van der Waals surface area contributed by atoms with Gasteiger partial charge < -0.3 is 5.73 Å². The highest BCUT2D eigenvalue weighted by Crippen LogP contribution is 2.27. The van der Waals surface area contributed by atoms with E-state index in [9.17, 15) is 0 Å². The second-order valence-corrected chi connectivity index (χ2v) is 3.97. The van der Waals surface area contributed by atoms with E-state index in [0.29, 0.717) is 11.0 Å². The van der Waals surface area contributed by atoms with Crippen LogP contribution >= 0.6 is 27.5 Å². The van der Waals surface area contributed by atoms with Crippen molar-refractivity contribution in [1.82, 2.24) is 15.2 Å². The number of aromatic nitrogens is 3. The molecule has 2 aromatic heterocycles. The van der Waals surface area contributed by atoms with Crippen molar-refractivity contribution in [2.45, 2.75) is 0 Å². The SMILES string of the molecule is Nc1cc(-c2cc(Br)cnc2Cl)[nH]n1. The molecule has 0 atom stereocenters. The van der Waals surface area contributed by atoms with Crippen LogP contribution in [0.1, 0.15) is 0 Å². The summed E-state index contributed by atoms with van der Waals surface area (Å²) in [6.45, 7) is 0. The minimum atomic E-state index is 0.414. The molecule has 0 aliphatic carbocycles. The maximum Gasteiger partial charge on any atom is 0.145 e. The first-order chi connectivity index (χ1) is 6.66. The summed E-state index contributed by atoms with van der Waals surface area (Å²) in [5.74, 6) is 0.427. The zero-order valence-corrected chi connectivity index (χ0v) is 9.30. The molecule has 0 fully saturated rings. The van der Waals surface area contributed by atoms with Gasteiger partial charge in [-0.05, 0) is 22.0 Å². The Morgan fingerprint density at radius 1 is 1.43 bits per heavy atom. The standard InChI is InChI=1S/C8H6BrClN4/c9-4-1-5(8(10)12-3-4)6-2-7(11)14-13-6/h1-3H,(H3,11,13,14). The van der Waals surface area contributed by atoms with Crippen molar-refractivity contribution in [2.75, 3.05) is 5.73 Å². The van der Waals surface area contributed by atoms with Crippen LogP contribution in [0.4, 0.5) is 5.82 Å². The predicted molar refractivity (Wildman–Crippen MR) is 58.9 cm³/mol. The number of nitrogens with one attached hydrogen (secondary N) is 1. The number of halogens is 2. The lowest BCUT2D eigenvalue weighted by Crippen LogP contribution is -1.83. The van der Waals surface area contributed by atoms with Crippen molar-refractivity contribution < 1.29 is 0 Å². The number of hydrogen-bond donors (Lipinski definition) is 2. The van der Waals surface area contributed by atoms with Gasteiger partial charge >= 0.3 is 0 Å². The largest absolute Gasteiger partial charge is 0.382 e. The van der Waals surface area contributed by atoms with Crippen LogP contribution in [-0.2, 0) is 0 Å². The summed E-state index contributed by atoms with van der Waals surface area (Å²) in [5, 5.41) is 7.00. The van der Waals surface area contributed by atoms with Gasteiger partial charge in [-0.1, -0.05) is 11.6 Å². The van der Waals surface area contributed by atoms with Crippen LogP contribution < -0.4 is 5.73 Å². The number of hydrogen-bond acceptors (Lipinski definition) is 3. The lowest BCUT2D eigenvalue weighted by atomic mass is 10.2. The van der Waals surface area contributed by atoms with E-state index in [4.69, 9.17) is 17.3 Å². The van der Waals surface area contributed by atoms with Crippen LogP contribution in [0.15, 0.2) is 22.8 Å². The van der Waals surface area contributed by atoms with Gasteiger partial charge in [-0.25, -0.2) is 4.98 Å². The average molecular weight is 274 g/mol. The number of rotatable bonds is 1. The Hall–Kier alpha value is -1.07. The lowest BCUT2D eigenvalue weighted by molar-refractivity contribution is 1.10. The third kappa shape index (κ3) is 1.73. The predicted octanol–water partition coefficient (Wildman–Crippen LogP) is 2.47. The molecular formula is C8H6BrClN4. The Kier molecular flexibility index (Phi) is 2.43. The summed E-state index contributed by atoms with van der Waals surface area (Å²) in [4.78, 5) is 3.99. The maximum atomic E-state index is 5.92. The first kappa shape index (κ1) is 9.48. The summed E-state index contributed by atoms with van der Waals surface area (Å²) in [5.41, 5.74) is 7.01. The second-order valence-electron chi connectivity index (χ2n) is 2.70. The van der Waals surface area contributed by atoms with E-state index in [2.05, 4.69) is 31.1 Å². The van der Waals surface area contributed by atoms with Crippen molar-refractivity contribution in [3.8, 4) is 11.3 Å². The molecule has 0 aliphatic heterocycles. The smallest absolute Gasteiger partial charge is 0.145 e. The minimum absolute atomic E-state index is 0.414. The quantitative estimate of drug-likeness (QED) is 0.784. The van der Waals surface area contributed by atoms with Gasteiger partial charge in [0.25, 0.3) is 0 Å². The zero-order chi connectivity index (χ0) is 10.1. The highest BCUT2D eigenvalue weighted by atomic mass is 79.9. The van der Waals surface area contributed by atoms with E-state index in [1.807, 2.05) is 6.07 Å². The molecule has 2 aromatic rings. The van der Waals surface area contributed by atoms with Gasteiger partial charge in [0, 0.05) is 22.3 Å². The number of nitrogen functional groups attached to an aromatic ring is 1. The topological polar surface area (TPSA) is 67.6 Å². The Morgan fingerprint density at radius 2 is 2.21 bits per heavy atom. The minimum Gasteiger partial charge on any atom is -0.382 e. The van der Waals surface area contributed by atoms with E-state index in [-0.39, 0.29) is 0 Å². The molecule has 0 spiro atoms. The number of pyridine rings is 1. The van der Waals surface area contributed by atoms with Gasteiger partial charge in [0.2, 0.25) is 0 Å². The molecule has 0 amide bonds. The van der Waals surface area contributed by atoms with Crippen molar-refractivity contribution in [3.05, 3.63) is 28.0 Å². The second kappa shape index (κ2) is 3.59. The summed E-state index contributed by atoms with van der Waals surface area (Å²) in [7, 11) is 0.